The van der Waals surface area contributed by atoms with Crippen molar-refractivity contribution in [1.82, 2.24) is 9.88 Å². The highest BCUT2D eigenvalue weighted by Crippen LogP contribution is 2.04. The highest BCUT2D eigenvalue weighted by molar-refractivity contribution is 5.94. The Hall–Kier alpha value is -1.46. The lowest BCUT2D eigenvalue weighted by atomic mass is 10.2. The standard InChI is InChI=1S/C12H19N3O2/c1-3-17-7-6-15(2)12(16)10-4-5-14-11(8-10)9-13/h4-5,8H,3,6-7,9,13H2,1-2H3. The largest absolute Gasteiger partial charge is 0.380 e. The molecule has 5 heteroatoms. The molecule has 1 rings (SSSR count). The van der Waals surface area contributed by atoms with Crippen LogP contribution >= 0.6 is 0 Å². The molecule has 0 aromatic carbocycles. The molecule has 5 nitrogen and oxygen atoms in total. The average molecular weight is 237 g/mol. The van der Waals surface area contributed by atoms with Gasteiger partial charge in [-0.15, -0.1) is 0 Å². The van der Waals surface area contributed by atoms with Gasteiger partial charge in [0.15, 0.2) is 0 Å². The lowest BCUT2D eigenvalue weighted by Crippen LogP contribution is -2.30. The number of carbonyl (C=O) groups is 1. The third-order valence-corrected chi connectivity index (χ3v) is 2.39. The van der Waals surface area contributed by atoms with E-state index >= 15 is 0 Å². The fourth-order valence-electron chi connectivity index (χ4n) is 1.39. The molecule has 0 spiro atoms. The summed E-state index contributed by atoms with van der Waals surface area (Å²) in [6, 6.07) is 3.41. The minimum atomic E-state index is -0.0400. The second-order valence-corrected chi connectivity index (χ2v) is 3.66. The van der Waals surface area contributed by atoms with E-state index in [4.69, 9.17) is 10.5 Å². The van der Waals surface area contributed by atoms with Crippen LogP contribution in [0.25, 0.3) is 0 Å². The Balaban J connectivity index is 2.61. The van der Waals surface area contributed by atoms with Crippen molar-refractivity contribution in [3.05, 3.63) is 29.6 Å². The van der Waals surface area contributed by atoms with Crippen LogP contribution in [-0.4, -0.2) is 42.6 Å². The molecule has 0 radical (unpaired) electrons. The first-order chi connectivity index (χ1) is 8.19. The summed E-state index contributed by atoms with van der Waals surface area (Å²) in [6.45, 7) is 4.05. The van der Waals surface area contributed by atoms with Crippen molar-refractivity contribution in [3.8, 4) is 0 Å². The Labute approximate surface area is 102 Å². The van der Waals surface area contributed by atoms with Gasteiger partial charge in [0.25, 0.3) is 5.91 Å². The van der Waals surface area contributed by atoms with E-state index in [1.54, 1.807) is 30.3 Å². The van der Waals surface area contributed by atoms with Crippen molar-refractivity contribution >= 4 is 5.91 Å². The Morgan fingerprint density at radius 3 is 3.00 bits per heavy atom. The molecule has 1 amide bonds. The van der Waals surface area contributed by atoms with Gasteiger partial charge in [0.05, 0.1) is 12.3 Å². The van der Waals surface area contributed by atoms with Crippen LogP contribution in [0.3, 0.4) is 0 Å². The quantitative estimate of drug-likeness (QED) is 0.738. The fourth-order valence-corrected chi connectivity index (χ4v) is 1.39. The van der Waals surface area contributed by atoms with Crippen LogP contribution in [-0.2, 0) is 11.3 Å². The Kier molecular flexibility index (Phi) is 5.59. The number of ether oxygens (including phenoxy) is 1. The van der Waals surface area contributed by atoms with Crippen molar-refractivity contribution in [2.75, 3.05) is 26.8 Å². The summed E-state index contributed by atoms with van der Waals surface area (Å²) in [5, 5.41) is 0. The van der Waals surface area contributed by atoms with E-state index in [-0.39, 0.29) is 5.91 Å². The first-order valence-corrected chi connectivity index (χ1v) is 5.67. The van der Waals surface area contributed by atoms with E-state index in [9.17, 15) is 4.79 Å². The maximum Gasteiger partial charge on any atom is 0.253 e. The summed E-state index contributed by atoms with van der Waals surface area (Å²) < 4.78 is 5.21. The maximum atomic E-state index is 12.0. The molecule has 2 N–H and O–H groups in total. The molecule has 17 heavy (non-hydrogen) atoms. The number of carbonyl (C=O) groups excluding carboxylic acids is 1. The molecule has 0 saturated heterocycles. The zero-order valence-electron chi connectivity index (χ0n) is 10.3. The third kappa shape index (κ3) is 4.13. The van der Waals surface area contributed by atoms with Crippen LogP contribution < -0.4 is 5.73 Å². The maximum absolute atomic E-state index is 12.0. The zero-order valence-corrected chi connectivity index (χ0v) is 10.3. The van der Waals surface area contributed by atoms with E-state index in [2.05, 4.69) is 4.98 Å². The summed E-state index contributed by atoms with van der Waals surface area (Å²) in [7, 11) is 1.75. The Bertz CT molecular complexity index is 369. The highest BCUT2D eigenvalue weighted by Gasteiger charge is 2.11. The van der Waals surface area contributed by atoms with E-state index in [0.717, 1.165) is 0 Å². The number of nitrogens with two attached hydrogens (primary N) is 1. The van der Waals surface area contributed by atoms with Gasteiger partial charge in [-0.1, -0.05) is 0 Å². The van der Waals surface area contributed by atoms with E-state index in [0.29, 0.717) is 37.6 Å². The van der Waals surface area contributed by atoms with Crippen LogP contribution in [0.5, 0.6) is 0 Å². The molecule has 0 aliphatic carbocycles. The number of rotatable bonds is 6. The molecule has 94 valence electrons. The molecule has 1 heterocycles. The first kappa shape index (κ1) is 13.6. The number of hydrogen-bond acceptors (Lipinski definition) is 4. The molecule has 0 bridgehead atoms. The van der Waals surface area contributed by atoms with Gasteiger partial charge in [-0.05, 0) is 19.1 Å². The van der Waals surface area contributed by atoms with Crippen LogP contribution in [0.4, 0.5) is 0 Å². The van der Waals surface area contributed by atoms with Crippen molar-refractivity contribution in [2.45, 2.75) is 13.5 Å². The van der Waals surface area contributed by atoms with Gasteiger partial charge >= 0.3 is 0 Å². The molecule has 0 aliphatic rings. The zero-order chi connectivity index (χ0) is 12.7. The molecule has 0 atom stereocenters. The molecule has 1 aromatic rings. The third-order valence-electron chi connectivity index (χ3n) is 2.39. The summed E-state index contributed by atoms with van der Waals surface area (Å²) >= 11 is 0. The first-order valence-electron chi connectivity index (χ1n) is 5.67. The molecule has 1 aromatic heterocycles. The summed E-state index contributed by atoms with van der Waals surface area (Å²) in [5.41, 5.74) is 6.81. The van der Waals surface area contributed by atoms with Crippen molar-refractivity contribution in [3.63, 3.8) is 0 Å². The molecule has 0 aliphatic heterocycles. The van der Waals surface area contributed by atoms with E-state index in [1.165, 1.54) is 0 Å². The fraction of sp³-hybridized carbons (Fsp3) is 0.500. The number of likely N-dealkylation sites (N-methyl/N-ethyl adjacent to an activating group) is 1. The van der Waals surface area contributed by atoms with Gasteiger partial charge in [-0.3, -0.25) is 9.78 Å². The van der Waals surface area contributed by atoms with Crippen molar-refractivity contribution in [2.24, 2.45) is 5.73 Å². The van der Waals surface area contributed by atoms with Crippen LogP contribution in [0.1, 0.15) is 23.0 Å². The smallest absolute Gasteiger partial charge is 0.253 e. The second kappa shape index (κ2) is 6.98. The molecule has 0 saturated carbocycles. The van der Waals surface area contributed by atoms with Crippen LogP contribution in [0.2, 0.25) is 0 Å². The Morgan fingerprint density at radius 2 is 2.35 bits per heavy atom. The molecule has 0 unspecified atom stereocenters. The summed E-state index contributed by atoms with van der Waals surface area (Å²) in [5.74, 6) is -0.0400. The summed E-state index contributed by atoms with van der Waals surface area (Å²) in [6.07, 6.45) is 1.60. The van der Waals surface area contributed by atoms with Crippen molar-refractivity contribution < 1.29 is 9.53 Å². The number of pyridine rings is 1. The predicted molar refractivity (Wildman–Crippen MR) is 65.6 cm³/mol. The SMILES string of the molecule is CCOCCN(C)C(=O)c1ccnc(CN)c1. The topological polar surface area (TPSA) is 68.5 Å². The van der Waals surface area contributed by atoms with Crippen LogP contribution in [0, 0.1) is 0 Å². The van der Waals surface area contributed by atoms with Gasteiger partial charge in [0.1, 0.15) is 0 Å². The van der Waals surface area contributed by atoms with Crippen LogP contribution in [0.15, 0.2) is 18.3 Å². The van der Waals surface area contributed by atoms with Gasteiger partial charge in [0.2, 0.25) is 0 Å². The number of hydrogen-bond donors (Lipinski definition) is 1. The lowest BCUT2D eigenvalue weighted by Gasteiger charge is -2.17. The van der Waals surface area contributed by atoms with Crippen molar-refractivity contribution in [1.29, 1.82) is 0 Å². The molecular weight excluding hydrogens is 218 g/mol. The number of nitrogens with zero attached hydrogens (tertiary/aromatic N) is 2. The van der Waals surface area contributed by atoms with Gasteiger partial charge in [-0.2, -0.15) is 0 Å². The van der Waals surface area contributed by atoms with E-state index in [1.807, 2.05) is 6.92 Å². The van der Waals surface area contributed by atoms with Gasteiger partial charge in [0, 0.05) is 38.5 Å². The minimum Gasteiger partial charge on any atom is -0.380 e. The van der Waals surface area contributed by atoms with Gasteiger partial charge in [-0.25, -0.2) is 0 Å². The summed E-state index contributed by atoms with van der Waals surface area (Å²) in [4.78, 5) is 17.7. The number of amides is 1. The lowest BCUT2D eigenvalue weighted by molar-refractivity contribution is 0.0709. The monoisotopic (exact) mass is 237 g/mol. The second-order valence-electron chi connectivity index (χ2n) is 3.66. The number of aromatic nitrogens is 1. The average Bonchev–Trinajstić information content (AvgIpc) is 2.38. The van der Waals surface area contributed by atoms with Gasteiger partial charge < -0.3 is 15.4 Å². The molecule has 0 fully saturated rings. The normalized spacial score (nSPS) is 10.3. The van der Waals surface area contributed by atoms with E-state index < -0.39 is 0 Å². The minimum absolute atomic E-state index is 0.0400. The Morgan fingerprint density at radius 1 is 1.59 bits per heavy atom. The predicted octanol–water partition coefficient (Wildman–Crippen LogP) is 0.649. The highest BCUT2D eigenvalue weighted by atomic mass is 16.5. The molecular formula is C12H19N3O2.